The van der Waals surface area contributed by atoms with Crippen molar-refractivity contribution in [3.8, 4) is 6.07 Å². The van der Waals surface area contributed by atoms with Crippen LogP contribution in [0.15, 0.2) is 31.4 Å². The fraction of sp³-hybridized carbons (Fsp3) is 0.250. The summed E-state index contributed by atoms with van der Waals surface area (Å²) in [6, 6.07) is 3.67. The molecule has 1 rings (SSSR count). The van der Waals surface area contributed by atoms with Gasteiger partial charge in [0.05, 0.1) is 0 Å². The third kappa shape index (κ3) is 2.92. The highest BCUT2D eigenvalue weighted by Crippen LogP contribution is 2.09. The Morgan fingerprint density at radius 1 is 1.38 bits per heavy atom. The third-order valence-corrected chi connectivity index (χ3v) is 1.94. The van der Waals surface area contributed by atoms with Crippen LogP contribution in [0.4, 0.5) is 5.95 Å². The average Bonchev–Trinajstić information content (AvgIpc) is 2.28. The first-order valence-electron chi connectivity index (χ1n) is 4.93. The van der Waals surface area contributed by atoms with Crippen molar-refractivity contribution in [1.29, 1.82) is 5.26 Å². The Kier molecular flexibility index (Phi) is 4.22. The van der Waals surface area contributed by atoms with Crippen molar-refractivity contribution in [2.75, 3.05) is 18.0 Å². The molecule has 4 nitrogen and oxygen atoms in total. The van der Waals surface area contributed by atoms with E-state index < -0.39 is 0 Å². The standard InChI is InChI=1S/C12H14N4/c1-4-6-16(7-5-2)12-14-10(3)8-11(9-13)15-12/h4-5,8H,1-2,6-7H2,3H3. The van der Waals surface area contributed by atoms with E-state index in [2.05, 4.69) is 23.1 Å². The van der Waals surface area contributed by atoms with Crippen LogP contribution in [-0.2, 0) is 0 Å². The first-order valence-corrected chi connectivity index (χ1v) is 4.93. The summed E-state index contributed by atoms with van der Waals surface area (Å²) >= 11 is 0. The van der Waals surface area contributed by atoms with Gasteiger partial charge in [-0.05, 0) is 13.0 Å². The van der Waals surface area contributed by atoms with Crippen LogP contribution >= 0.6 is 0 Å². The van der Waals surface area contributed by atoms with Crippen molar-refractivity contribution in [3.05, 3.63) is 42.8 Å². The Morgan fingerprint density at radius 2 is 2.00 bits per heavy atom. The number of rotatable bonds is 5. The maximum atomic E-state index is 8.83. The maximum absolute atomic E-state index is 8.83. The second-order valence-corrected chi connectivity index (χ2v) is 3.29. The zero-order valence-electron chi connectivity index (χ0n) is 9.35. The molecule has 1 heterocycles. The summed E-state index contributed by atoms with van der Waals surface area (Å²) in [5.41, 5.74) is 1.15. The van der Waals surface area contributed by atoms with E-state index in [9.17, 15) is 0 Å². The lowest BCUT2D eigenvalue weighted by Gasteiger charge is -2.19. The molecule has 0 N–H and O–H groups in total. The third-order valence-electron chi connectivity index (χ3n) is 1.94. The van der Waals surface area contributed by atoms with Gasteiger partial charge in [0, 0.05) is 18.8 Å². The molecule has 0 aromatic carbocycles. The van der Waals surface area contributed by atoms with E-state index in [1.807, 2.05) is 17.9 Å². The summed E-state index contributed by atoms with van der Waals surface area (Å²) in [5.74, 6) is 0.538. The molecule has 0 saturated heterocycles. The fourth-order valence-electron chi connectivity index (χ4n) is 1.30. The molecular weight excluding hydrogens is 200 g/mol. The van der Waals surface area contributed by atoms with Gasteiger partial charge in [-0.3, -0.25) is 0 Å². The predicted molar refractivity (Wildman–Crippen MR) is 64.1 cm³/mol. The van der Waals surface area contributed by atoms with E-state index in [-0.39, 0.29) is 0 Å². The van der Waals surface area contributed by atoms with Crippen molar-refractivity contribution in [2.45, 2.75) is 6.92 Å². The first-order chi connectivity index (χ1) is 7.71. The maximum Gasteiger partial charge on any atom is 0.227 e. The summed E-state index contributed by atoms with van der Waals surface area (Å²) in [6.45, 7) is 10.4. The summed E-state index contributed by atoms with van der Waals surface area (Å²) < 4.78 is 0. The average molecular weight is 214 g/mol. The Labute approximate surface area is 95.6 Å². The summed E-state index contributed by atoms with van der Waals surface area (Å²) in [4.78, 5) is 10.3. The molecule has 0 bridgehead atoms. The second-order valence-electron chi connectivity index (χ2n) is 3.29. The molecule has 1 aromatic heterocycles. The molecule has 0 aliphatic rings. The van der Waals surface area contributed by atoms with E-state index in [4.69, 9.17) is 5.26 Å². The number of anilines is 1. The molecule has 0 atom stereocenters. The number of nitriles is 1. The highest BCUT2D eigenvalue weighted by atomic mass is 15.2. The SMILES string of the molecule is C=CCN(CC=C)c1nc(C)cc(C#N)n1. The second kappa shape index (κ2) is 5.66. The van der Waals surface area contributed by atoms with E-state index >= 15 is 0 Å². The molecule has 0 aliphatic carbocycles. The highest BCUT2D eigenvalue weighted by molar-refractivity contribution is 5.37. The quantitative estimate of drug-likeness (QED) is 0.702. The zero-order valence-corrected chi connectivity index (χ0v) is 9.35. The number of nitrogens with zero attached hydrogens (tertiary/aromatic N) is 4. The topological polar surface area (TPSA) is 52.8 Å². The van der Waals surface area contributed by atoms with Gasteiger partial charge in [-0.15, -0.1) is 13.2 Å². The van der Waals surface area contributed by atoms with Crippen LogP contribution in [-0.4, -0.2) is 23.1 Å². The predicted octanol–water partition coefficient (Wildman–Crippen LogP) is 1.84. The Morgan fingerprint density at radius 3 is 2.50 bits per heavy atom. The molecule has 1 aromatic rings. The van der Waals surface area contributed by atoms with Gasteiger partial charge in [-0.2, -0.15) is 5.26 Å². The van der Waals surface area contributed by atoms with Crippen molar-refractivity contribution in [3.63, 3.8) is 0 Å². The summed E-state index contributed by atoms with van der Waals surface area (Å²) in [5, 5.41) is 8.83. The highest BCUT2D eigenvalue weighted by Gasteiger charge is 2.08. The molecule has 4 heteroatoms. The van der Waals surface area contributed by atoms with Crippen LogP contribution in [0.2, 0.25) is 0 Å². The van der Waals surface area contributed by atoms with E-state index in [1.165, 1.54) is 0 Å². The monoisotopic (exact) mass is 214 g/mol. The molecule has 0 fully saturated rings. The lowest BCUT2D eigenvalue weighted by atomic mass is 10.3. The largest absolute Gasteiger partial charge is 0.333 e. The molecular formula is C12H14N4. The first kappa shape index (κ1) is 11.9. The fourth-order valence-corrected chi connectivity index (χ4v) is 1.30. The van der Waals surface area contributed by atoms with Crippen LogP contribution in [0, 0.1) is 18.3 Å². The Hall–Kier alpha value is -2.15. The summed E-state index contributed by atoms with van der Waals surface area (Å²) in [7, 11) is 0. The molecule has 0 unspecified atom stereocenters. The smallest absolute Gasteiger partial charge is 0.227 e. The number of aryl methyl sites for hydroxylation is 1. The number of hydrogen-bond acceptors (Lipinski definition) is 4. The van der Waals surface area contributed by atoms with Crippen molar-refractivity contribution in [1.82, 2.24) is 9.97 Å². The number of hydrogen-bond donors (Lipinski definition) is 0. The molecule has 0 radical (unpaired) electrons. The lowest BCUT2D eigenvalue weighted by molar-refractivity contribution is 0.877. The molecule has 0 spiro atoms. The van der Waals surface area contributed by atoms with Gasteiger partial charge in [-0.1, -0.05) is 12.2 Å². The normalized spacial score (nSPS) is 9.25. The molecule has 82 valence electrons. The van der Waals surface area contributed by atoms with Crippen LogP contribution < -0.4 is 4.90 Å². The van der Waals surface area contributed by atoms with Gasteiger partial charge in [0.1, 0.15) is 11.8 Å². The van der Waals surface area contributed by atoms with Crippen molar-refractivity contribution in [2.24, 2.45) is 0 Å². The summed E-state index contributed by atoms with van der Waals surface area (Å²) in [6.07, 6.45) is 3.53. The minimum absolute atomic E-state index is 0.376. The van der Waals surface area contributed by atoms with E-state index in [0.717, 1.165) is 5.69 Å². The molecule has 16 heavy (non-hydrogen) atoms. The van der Waals surface area contributed by atoms with Crippen LogP contribution in [0.25, 0.3) is 0 Å². The van der Waals surface area contributed by atoms with Crippen LogP contribution in [0.5, 0.6) is 0 Å². The van der Waals surface area contributed by atoms with E-state index in [0.29, 0.717) is 24.7 Å². The molecule has 0 amide bonds. The minimum Gasteiger partial charge on any atom is -0.333 e. The Balaban J connectivity index is 3.08. The molecule has 0 saturated carbocycles. The molecule has 0 aliphatic heterocycles. The van der Waals surface area contributed by atoms with Crippen LogP contribution in [0.3, 0.4) is 0 Å². The van der Waals surface area contributed by atoms with Gasteiger partial charge < -0.3 is 4.90 Å². The van der Waals surface area contributed by atoms with Gasteiger partial charge in [-0.25, -0.2) is 9.97 Å². The van der Waals surface area contributed by atoms with Crippen molar-refractivity contribution >= 4 is 5.95 Å². The van der Waals surface area contributed by atoms with E-state index in [1.54, 1.807) is 18.2 Å². The van der Waals surface area contributed by atoms with Gasteiger partial charge in [0.15, 0.2) is 0 Å². The van der Waals surface area contributed by atoms with Gasteiger partial charge in [0.2, 0.25) is 5.95 Å². The minimum atomic E-state index is 0.376. The van der Waals surface area contributed by atoms with Crippen LogP contribution in [0.1, 0.15) is 11.4 Å². The number of aromatic nitrogens is 2. The Bertz CT molecular complexity index is 421. The van der Waals surface area contributed by atoms with Gasteiger partial charge >= 0.3 is 0 Å². The van der Waals surface area contributed by atoms with Crippen molar-refractivity contribution < 1.29 is 0 Å². The lowest BCUT2D eigenvalue weighted by Crippen LogP contribution is -2.25. The van der Waals surface area contributed by atoms with Gasteiger partial charge in [0.25, 0.3) is 0 Å². The zero-order chi connectivity index (χ0) is 12.0.